The summed E-state index contributed by atoms with van der Waals surface area (Å²) in [4.78, 5) is 7.10. The number of hydrogen-bond acceptors (Lipinski definition) is 3. The van der Waals surface area contributed by atoms with Gasteiger partial charge in [0.1, 0.15) is 10.8 Å². The third kappa shape index (κ3) is 3.40. The fourth-order valence-electron chi connectivity index (χ4n) is 1.89. The van der Waals surface area contributed by atoms with E-state index in [1.165, 1.54) is 0 Å². The van der Waals surface area contributed by atoms with Crippen LogP contribution in [0.3, 0.4) is 0 Å². The van der Waals surface area contributed by atoms with Crippen LogP contribution in [0.1, 0.15) is 31.9 Å². The van der Waals surface area contributed by atoms with Crippen molar-refractivity contribution in [1.29, 1.82) is 0 Å². The molecular formula is C13H21N3S. The maximum absolute atomic E-state index is 5.80. The Labute approximate surface area is 109 Å². The zero-order valence-electron chi connectivity index (χ0n) is 11.0. The summed E-state index contributed by atoms with van der Waals surface area (Å²) in [7, 11) is 0. The number of nitrogens with zero attached hydrogens (tertiary/aromatic N) is 2. The summed E-state index contributed by atoms with van der Waals surface area (Å²) in [6, 6.07) is 1.95. The minimum absolute atomic E-state index is 0.424. The van der Waals surface area contributed by atoms with E-state index in [1.54, 1.807) is 0 Å². The monoisotopic (exact) mass is 251 g/mol. The van der Waals surface area contributed by atoms with Gasteiger partial charge < -0.3 is 10.6 Å². The summed E-state index contributed by atoms with van der Waals surface area (Å²) in [5.41, 5.74) is 7.80. The Bertz CT molecular complexity index is 402. The molecule has 0 aromatic carbocycles. The van der Waals surface area contributed by atoms with E-state index in [0.29, 0.717) is 10.9 Å². The third-order valence-corrected chi connectivity index (χ3v) is 2.86. The van der Waals surface area contributed by atoms with Gasteiger partial charge in [0.05, 0.1) is 5.56 Å². The molecule has 4 heteroatoms. The molecule has 0 radical (unpaired) electrons. The molecule has 2 N–H and O–H groups in total. The first-order chi connectivity index (χ1) is 7.97. The lowest BCUT2D eigenvalue weighted by molar-refractivity contribution is 0.614. The van der Waals surface area contributed by atoms with Crippen molar-refractivity contribution >= 4 is 23.0 Å². The number of rotatable bonds is 5. The highest BCUT2D eigenvalue weighted by atomic mass is 32.1. The SMILES string of the molecule is CCN(CC(C)C)c1nccc(C)c1C(N)=S. The van der Waals surface area contributed by atoms with E-state index in [1.807, 2.05) is 19.2 Å². The Morgan fingerprint density at radius 2 is 2.18 bits per heavy atom. The van der Waals surface area contributed by atoms with Gasteiger partial charge in [-0.15, -0.1) is 0 Å². The molecule has 3 nitrogen and oxygen atoms in total. The second-order valence-corrected chi connectivity index (χ2v) is 5.06. The van der Waals surface area contributed by atoms with Gasteiger partial charge in [-0.1, -0.05) is 26.1 Å². The van der Waals surface area contributed by atoms with Crippen LogP contribution >= 0.6 is 12.2 Å². The van der Waals surface area contributed by atoms with Crippen LogP contribution in [0.5, 0.6) is 0 Å². The molecule has 0 saturated heterocycles. The van der Waals surface area contributed by atoms with E-state index in [0.717, 1.165) is 30.0 Å². The molecule has 0 spiro atoms. The molecule has 0 amide bonds. The highest BCUT2D eigenvalue weighted by Crippen LogP contribution is 2.21. The second-order valence-electron chi connectivity index (χ2n) is 4.62. The van der Waals surface area contributed by atoms with Crippen molar-refractivity contribution in [3.63, 3.8) is 0 Å². The predicted octanol–water partition coefficient (Wildman–Crippen LogP) is 2.51. The van der Waals surface area contributed by atoms with Crippen LogP contribution in [0.2, 0.25) is 0 Å². The molecule has 0 unspecified atom stereocenters. The van der Waals surface area contributed by atoms with Crippen LogP contribution in [-0.4, -0.2) is 23.1 Å². The smallest absolute Gasteiger partial charge is 0.139 e. The number of anilines is 1. The minimum atomic E-state index is 0.424. The first-order valence-corrected chi connectivity index (χ1v) is 6.38. The van der Waals surface area contributed by atoms with Gasteiger partial charge in [0, 0.05) is 19.3 Å². The largest absolute Gasteiger partial charge is 0.389 e. The van der Waals surface area contributed by atoms with Crippen molar-refractivity contribution in [3.05, 3.63) is 23.4 Å². The Balaban J connectivity index is 3.18. The lowest BCUT2D eigenvalue weighted by atomic mass is 10.1. The van der Waals surface area contributed by atoms with E-state index in [2.05, 4.69) is 30.7 Å². The third-order valence-electron chi connectivity index (χ3n) is 2.65. The molecule has 0 saturated carbocycles. The molecule has 1 aromatic heterocycles. The van der Waals surface area contributed by atoms with Crippen LogP contribution in [0.25, 0.3) is 0 Å². The van der Waals surface area contributed by atoms with E-state index in [-0.39, 0.29) is 0 Å². The molecule has 0 aliphatic heterocycles. The van der Waals surface area contributed by atoms with Crippen LogP contribution in [0, 0.1) is 12.8 Å². The Morgan fingerprint density at radius 3 is 2.65 bits per heavy atom. The van der Waals surface area contributed by atoms with Gasteiger partial charge in [-0.05, 0) is 31.4 Å². The van der Waals surface area contributed by atoms with Gasteiger partial charge in [0.15, 0.2) is 0 Å². The highest BCUT2D eigenvalue weighted by molar-refractivity contribution is 7.80. The first kappa shape index (κ1) is 13.9. The Kier molecular flexibility index (Phi) is 4.87. The van der Waals surface area contributed by atoms with Gasteiger partial charge in [-0.2, -0.15) is 0 Å². The van der Waals surface area contributed by atoms with Crippen LogP contribution in [0.15, 0.2) is 12.3 Å². The molecule has 0 atom stereocenters. The molecule has 0 aliphatic carbocycles. The Morgan fingerprint density at radius 1 is 1.53 bits per heavy atom. The zero-order valence-corrected chi connectivity index (χ0v) is 11.8. The summed E-state index contributed by atoms with van der Waals surface area (Å²) in [5.74, 6) is 1.49. The molecular weight excluding hydrogens is 230 g/mol. The first-order valence-electron chi connectivity index (χ1n) is 5.97. The van der Waals surface area contributed by atoms with Gasteiger partial charge in [0.25, 0.3) is 0 Å². The molecule has 1 aromatic rings. The molecule has 0 fully saturated rings. The van der Waals surface area contributed by atoms with Crippen molar-refractivity contribution in [2.45, 2.75) is 27.7 Å². The average Bonchev–Trinajstić information content (AvgIpc) is 2.24. The summed E-state index contributed by atoms with van der Waals surface area (Å²) in [6.07, 6.45) is 1.81. The van der Waals surface area contributed by atoms with Crippen molar-refractivity contribution in [3.8, 4) is 0 Å². The topological polar surface area (TPSA) is 42.2 Å². The van der Waals surface area contributed by atoms with E-state index < -0.39 is 0 Å². The normalized spacial score (nSPS) is 10.6. The van der Waals surface area contributed by atoms with Gasteiger partial charge in [-0.3, -0.25) is 0 Å². The molecule has 17 heavy (non-hydrogen) atoms. The quantitative estimate of drug-likeness (QED) is 0.817. The fraction of sp³-hybridized carbons (Fsp3) is 0.538. The van der Waals surface area contributed by atoms with Crippen molar-refractivity contribution in [2.75, 3.05) is 18.0 Å². The standard InChI is InChI=1S/C13H21N3S/c1-5-16(8-9(2)3)13-11(12(14)17)10(4)6-7-15-13/h6-7,9H,5,8H2,1-4H3,(H2,14,17). The molecule has 94 valence electrons. The molecule has 0 bridgehead atoms. The Hall–Kier alpha value is -1.16. The van der Waals surface area contributed by atoms with E-state index in [9.17, 15) is 0 Å². The van der Waals surface area contributed by atoms with Crippen molar-refractivity contribution in [2.24, 2.45) is 11.7 Å². The lowest BCUT2D eigenvalue weighted by Gasteiger charge is -2.26. The van der Waals surface area contributed by atoms with E-state index >= 15 is 0 Å². The number of pyridine rings is 1. The minimum Gasteiger partial charge on any atom is -0.389 e. The van der Waals surface area contributed by atoms with Gasteiger partial charge in [0.2, 0.25) is 0 Å². The van der Waals surface area contributed by atoms with Gasteiger partial charge in [-0.25, -0.2) is 4.98 Å². The predicted molar refractivity (Wildman–Crippen MR) is 77.6 cm³/mol. The number of thiocarbonyl (C=S) groups is 1. The van der Waals surface area contributed by atoms with Crippen LogP contribution in [-0.2, 0) is 0 Å². The van der Waals surface area contributed by atoms with Crippen molar-refractivity contribution in [1.82, 2.24) is 4.98 Å². The maximum Gasteiger partial charge on any atom is 0.139 e. The van der Waals surface area contributed by atoms with Crippen LogP contribution < -0.4 is 10.6 Å². The molecule has 1 rings (SSSR count). The number of aryl methyl sites for hydroxylation is 1. The summed E-state index contributed by atoms with van der Waals surface area (Å²) >= 11 is 5.13. The number of hydrogen-bond donors (Lipinski definition) is 1. The lowest BCUT2D eigenvalue weighted by Crippen LogP contribution is -2.31. The maximum atomic E-state index is 5.80. The van der Waals surface area contributed by atoms with E-state index in [4.69, 9.17) is 18.0 Å². The summed E-state index contributed by atoms with van der Waals surface area (Å²) in [6.45, 7) is 10.4. The van der Waals surface area contributed by atoms with Crippen LogP contribution in [0.4, 0.5) is 5.82 Å². The number of aromatic nitrogens is 1. The summed E-state index contributed by atoms with van der Waals surface area (Å²) < 4.78 is 0. The van der Waals surface area contributed by atoms with Gasteiger partial charge >= 0.3 is 0 Å². The van der Waals surface area contributed by atoms with Crippen molar-refractivity contribution < 1.29 is 0 Å². The highest BCUT2D eigenvalue weighted by Gasteiger charge is 2.16. The fourth-order valence-corrected chi connectivity index (χ4v) is 2.15. The number of nitrogens with two attached hydrogens (primary N) is 1. The molecule has 1 heterocycles. The zero-order chi connectivity index (χ0) is 13.0. The summed E-state index contributed by atoms with van der Waals surface area (Å²) in [5, 5.41) is 0. The molecule has 0 aliphatic rings. The average molecular weight is 251 g/mol. The second kappa shape index (κ2) is 5.96.